The first kappa shape index (κ1) is 27.3. The highest BCUT2D eigenvalue weighted by atomic mass is 16.5. The number of fused-ring (bicyclic) bond motifs is 1. The minimum Gasteiger partial charge on any atom is -0.507 e. The molecule has 1 N–H and O–H groups in total. The summed E-state index contributed by atoms with van der Waals surface area (Å²) in [5, 5.41) is 11.6. The number of hydrogen-bond donors (Lipinski definition) is 1. The molecule has 7 heteroatoms. The molecule has 208 valence electrons. The van der Waals surface area contributed by atoms with Crippen molar-refractivity contribution in [3.05, 3.63) is 94.6 Å². The molecule has 1 fully saturated rings. The largest absolute Gasteiger partial charge is 0.507 e. The van der Waals surface area contributed by atoms with Crippen LogP contribution in [0.5, 0.6) is 11.5 Å². The van der Waals surface area contributed by atoms with Crippen LogP contribution in [-0.2, 0) is 21.5 Å². The van der Waals surface area contributed by atoms with E-state index in [4.69, 9.17) is 9.47 Å². The summed E-state index contributed by atoms with van der Waals surface area (Å²) < 4.78 is 11.3. The lowest BCUT2D eigenvalue weighted by Crippen LogP contribution is -2.29. The Morgan fingerprint density at radius 3 is 2.38 bits per heavy atom. The standard InChI is InChI=1S/C33H36N2O5/c1-6-39-25-14-7-21(8-15-25)20-35-29(22-9-12-24(13-10-22)33(2,3)4)28(31(37)32(35)38)30(36)23-11-16-27-26(19-23)34(5)17-18-40-27/h7-16,19,29,36H,6,17-18,20H2,1-5H3/b30-28-. The van der Waals surface area contributed by atoms with Crippen molar-refractivity contribution in [1.29, 1.82) is 0 Å². The van der Waals surface area contributed by atoms with Gasteiger partial charge in [-0.3, -0.25) is 9.59 Å². The maximum Gasteiger partial charge on any atom is 0.295 e. The van der Waals surface area contributed by atoms with E-state index in [-0.39, 0.29) is 23.3 Å². The molecule has 0 aromatic heterocycles. The van der Waals surface area contributed by atoms with E-state index in [0.717, 1.165) is 33.9 Å². The Morgan fingerprint density at radius 1 is 1.02 bits per heavy atom. The van der Waals surface area contributed by atoms with Crippen LogP contribution in [0.2, 0.25) is 0 Å². The third-order valence-corrected chi connectivity index (χ3v) is 7.55. The smallest absolute Gasteiger partial charge is 0.295 e. The Kier molecular flexibility index (Phi) is 7.32. The number of carbonyl (C=O) groups is 2. The zero-order valence-corrected chi connectivity index (χ0v) is 23.7. The van der Waals surface area contributed by atoms with Crippen molar-refractivity contribution in [1.82, 2.24) is 4.90 Å². The minimum absolute atomic E-state index is 0.0557. The van der Waals surface area contributed by atoms with Crippen molar-refractivity contribution in [3.8, 4) is 11.5 Å². The minimum atomic E-state index is -0.745. The van der Waals surface area contributed by atoms with Gasteiger partial charge in [0.2, 0.25) is 0 Å². The van der Waals surface area contributed by atoms with Crippen molar-refractivity contribution >= 4 is 23.1 Å². The summed E-state index contributed by atoms with van der Waals surface area (Å²) >= 11 is 0. The molecule has 1 atom stereocenters. The number of benzene rings is 3. The first-order valence-electron chi connectivity index (χ1n) is 13.7. The first-order valence-corrected chi connectivity index (χ1v) is 13.7. The number of aliphatic hydroxyl groups is 1. The van der Waals surface area contributed by atoms with E-state index in [2.05, 4.69) is 20.8 Å². The van der Waals surface area contributed by atoms with Gasteiger partial charge in [0.05, 0.1) is 30.5 Å². The molecule has 1 saturated heterocycles. The Balaban J connectivity index is 1.60. The fourth-order valence-corrected chi connectivity index (χ4v) is 5.26. The molecule has 3 aromatic carbocycles. The number of Topliss-reactive ketones (excluding diaryl/α,β-unsaturated/α-hetero) is 1. The van der Waals surface area contributed by atoms with Crippen LogP contribution in [0.4, 0.5) is 5.69 Å². The Hall–Kier alpha value is -4.26. The second-order valence-electron chi connectivity index (χ2n) is 11.3. The summed E-state index contributed by atoms with van der Waals surface area (Å²) in [6.07, 6.45) is 0. The number of rotatable bonds is 6. The number of likely N-dealkylation sites (N-methyl/N-ethyl adjacent to an activating group) is 1. The SMILES string of the molecule is CCOc1ccc(CN2C(=O)C(=O)/C(=C(\O)c3ccc4c(c3)N(C)CCO4)C2c2ccc(C(C)(C)C)cc2)cc1. The number of ether oxygens (including phenoxy) is 2. The molecule has 1 amide bonds. The molecule has 0 spiro atoms. The third kappa shape index (κ3) is 5.16. The van der Waals surface area contributed by atoms with E-state index in [0.29, 0.717) is 25.3 Å². The molecule has 1 unspecified atom stereocenters. The summed E-state index contributed by atoms with van der Waals surface area (Å²) in [6, 6.07) is 20.0. The Morgan fingerprint density at radius 2 is 1.73 bits per heavy atom. The molecular formula is C33H36N2O5. The van der Waals surface area contributed by atoms with E-state index < -0.39 is 17.7 Å². The predicted molar refractivity (Wildman–Crippen MR) is 156 cm³/mol. The number of anilines is 1. The topological polar surface area (TPSA) is 79.3 Å². The van der Waals surface area contributed by atoms with Gasteiger partial charge in [0.15, 0.2) is 0 Å². The van der Waals surface area contributed by atoms with Crippen molar-refractivity contribution < 1.29 is 24.2 Å². The fraction of sp³-hybridized carbons (Fsp3) is 0.333. The van der Waals surface area contributed by atoms with Gasteiger partial charge in [-0.1, -0.05) is 57.2 Å². The number of amides is 1. The first-order chi connectivity index (χ1) is 19.1. The molecule has 2 aliphatic heterocycles. The second-order valence-corrected chi connectivity index (χ2v) is 11.3. The fourth-order valence-electron chi connectivity index (χ4n) is 5.26. The number of carbonyl (C=O) groups excluding carboxylic acids is 2. The molecule has 0 saturated carbocycles. The lowest BCUT2D eigenvalue weighted by molar-refractivity contribution is -0.140. The highest BCUT2D eigenvalue weighted by Crippen LogP contribution is 2.42. The summed E-state index contributed by atoms with van der Waals surface area (Å²) in [6.45, 7) is 10.4. The van der Waals surface area contributed by atoms with Gasteiger partial charge in [-0.05, 0) is 59.4 Å². The maximum absolute atomic E-state index is 13.6. The van der Waals surface area contributed by atoms with Gasteiger partial charge in [-0.25, -0.2) is 0 Å². The van der Waals surface area contributed by atoms with Crippen LogP contribution in [0.3, 0.4) is 0 Å². The van der Waals surface area contributed by atoms with E-state index >= 15 is 0 Å². The van der Waals surface area contributed by atoms with Crippen LogP contribution in [0.15, 0.2) is 72.3 Å². The lowest BCUT2D eigenvalue weighted by atomic mass is 9.85. The average molecular weight is 541 g/mol. The highest BCUT2D eigenvalue weighted by Gasteiger charge is 2.46. The molecule has 7 nitrogen and oxygen atoms in total. The van der Waals surface area contributed by atoms with Crippen LogP contribution in [0, 0.1) is 0 Å². The summed E-state index contributed by atoms with van der Waals surface area (Å²) in [4.78, 5) is 30.6. The normalized spacial score (nSPS) is 18.5. The number of likely N-dealkylation sites (tertiary alicyclic amines) is 1. The molecular weight excluding hydrogens is 504 g/mol. The average Bonchev–Trinajstić information content (AvgIpc) is 3.18. The van der Waals surface area contributed by atoms with Crippen LogP contribution < -0.4 is 14.4 Å². The quantitative estimate of drug-likeness (QED) is 0.241. The third-order valence-electron chi connectivity index (χ3n) is 7.55. The molecule has 2 heterocycles. The molecule has 2 aliphatic rings. The second kappa shape index (κ2) is 10.7. The van der Waals surface area contributed by atoms with Crippen LogP contribution in [-0.4, -0.2) is 48.5 Å². The number of hydrogen-bond acceptors (Lipinski definition) is 6. The van der Waals surface area contributed by atoms with E-state index in [1.807, 2.05) is 73.5 Å². The van der Waals surface area contributed by atoms with Crippen LogP contribution >= 0.6 is 0 Å². The summed E-state index contributed by atoms with van der Waals surface area (Å²) in [5.74, 6) is -0.0758. The Bertz CT molecular complexity index is 1450. The van der Waals surface area contributed by atoms with Crippen molar-refractivity contribution in [2.45, 2.75) is 45.7 Å². The molecule has 0 aliphatic carbocycles. The number of aliphatic hydroxyl groups excluding tert-OH is 1. The number of nitrogens with zero attached hydrogens (tertiary/aromatic N) is 2. The summed E-state index contributed by atoms with van der Waals surface area (Å²) in [7, 11) is 1.96. The number of ketones is 1. The Labute approximate surface area is 235 Å². The molecule has 5 rings (SSSR count). The summed E-state index contributed by atoms with van der Waals surface area (Å²) in [5.41, 5.74) is 4.07. The van der Waals surface area contributed by atoms with Gasteiger partial charge in [0, 0.05) is 19.2 Å². The molecule has 3 aromatic rings. The van der Waals surface area contributed by atoms with Crippen molar-refractivity contribution in [2.24, 2.45) is 0 Å². The van der Waals surface area contributed by atoms with E-state index in [1.165, 1.54) is 0 Å². The molecule has 0 bridgehead atoms. The van der Waals surface area contributed by atoms with Gasteiger partial charge in [0.25, 0.3) is 11.7 Å². The predicted octanol–water partition coefficient (Wildman–Crippen LogP) is 5.83. The van der Waals surface area contributed by atoms with Crippen LogP contribution in [0.25, 0.3) is 5.76 Å². The maximum atomic E-state index is 13.6. The van der Waals surface area contributed by atoms with E-state index in [1.54, 1.807) is 17.0 Å². The van der Waals surface area contributed by atoms with Crippen molar-refractivity contribution in [2.75, 3.05) is 31.7 Å². The molecule has 40 heavy (non-hydrogen) atoms. The zero-order valence-electron chi connectivity index (χ0n) is 23.7. The van der Waals surface area contributed by atoms with Crippen LogP contribution in [0.1, 0.15) is 56.0 Å². The zero-order chi connectivity index (χ0) is 28.6. The van der Waals surface area contributed by atoms with E-state index in [9.17, 15) is 14.7 Å². The van der Waals surface area contributed by atoms with Gasteiger partial charge in [-0.2, -0.15) is 0 Å². The lowest BCUT2D eigenvalue weighted by Gasteiger charge is -2.28. The van der Waals surface area contributed by atoms with Gasteiger partial charge in [-0.15, -0.1) is 0 Å². The van der Waals surface area contributed by atoms with Crippen molar-refractivity contribution in [3.63, 3.8) is 0 Å². The monoisotopic (exact) mass is 540 g/mol. The van der Waals surface area contributed by atoms with Gasteiger partial charge >= 0.3 is 0 Å². The van der Waals surface area contributed by atoms with Gasteiger partial charge in [0.1, 0.15) is 23.9 Å². The highest BCUT2D eigenvalue weighted by molar-refractivity contribution is 6.46. The molecule has 0 radical (unpaired) electrons. The van der Waals surface area contributed by atoms with Gasteiger partial charge < -0.3 is 24.4 Å².